The Kier molecular flexibility index (Phi) is 6.62. The van der Waals surface area contributed by atoms with Crippen molar-refractivity contribution in [3.63, 3.8) is 0 Å². The summed E-state index contributed by atoms with van der Waals surface area (Å²) in [5.74, 6) is 0.438. The van der Waals surface area contributed by atoms with Crippen LogP contribution in [0.1, 0.15) is 39.8 Å². The average molecular weight is 436 g/mol. The van der Waals surface area contributed by atoms with Gasteiger partial charge in [-0.1, -0.05) is 55.0 Å². The summed E-state index contributed by atoms with van der Waals surface area (Å²) in [5.41, 5.74) is 2.89. The molecular weight excluding hydrogens is 410 g/mol. The van der Waals surface area contributed by atoms with Crippen LogP contribution in [-0.2, 0) is 24.2 Å². The Hall–Kier alpha value is -3.19. The molecule has 1 aliphatic heterocycles. The third-order valence-corrected chi connectivity index (χ3v) is 6.12. The van der Waals surface area contributed by atoms with Gasteiger partial charge >= 0.3 is 0 Å². The predicted molar refractivity (Wildman–Crippen MR) is 122 cm³/mol. The fourth-order valence-electron chi connectivity index (χ4n) is 3.53. The number of nitrogens with one attached hydrogen (secondary N) is 1. The Morgan fingerprint density at radius 2 is 1.90 bits per heavy atom. The number of carbonyl (C=O) groups is 2. The molecule has 0 aliphatic carbocycles. The first-order valence-electron chi connectivity index (χ1n) is 10.5. The van der Waals surface area contributed by atoms with Crippen molar-refractivity contribution in [1.29, 1.82) is 0 Å². The van der Waals surface area contributed by atoms with Gasteiger partial charge in [-0.05, 0) is 36.2 Å². The van der Waals surface area contributed by atoms with Gasteiger partial charge in [0.1, 0.15) is 5.75 Å². The van der Waals surface area contributed by atoms with E-state index in [0.717, 1.165) is 23.4 Å². The van der Waals surface area contributed by atoms with E-state index in [1.54, 1.807) is 0 Å². The van der Waals surface area contributed by atoms with Crippen molar-refractivity contribution in [3.05, 3.63) is 76.3 Å². The maximum absolute atomic E-state index is 12.7. The summed E-state index contributed by atoms with van der Waals surface area (Å²) in [4.78, 5) is 32.4. The van der Waals surface area contributed by atoms with E-state index in [-0.39, 0.29) is 18.4 Å². The molecule has 7 heteroatoms. The quantitative estimate of drug-likeness (QED) is 0.600. The lowest BCUT2D eigenvalue weighted by Gasteiger charge is -2.26. The third kappa shape index (κ3) is 5.30. The lowest BCUT2D eigenvalue weighted by molar-refractivity contribution is -0.118. The highest BCUT2D eigenvalue weighted by molar-refractivity contribution is 7.15. The number of benzene rings is 2. The van der Waals surface area contributed by atoms with Gasteiger partial charge in [0.25, 0.3) is 11.8 Å². The standard InChI is InChI=1S/C24H25N3O3S/c1-2-6-17-9-11-19(12-10-17)30-16-22(28)26-24-25-20-13-14-27(15-21(20)31-24)23(29)18-7-4-3-5-8-18/h3-5,7-12H,2,6,13-16H2,1H3,(H,25,26,28). The van der Waals surface area contributed by atoms with E-state index >= 15 is 0 Å². The van der Waals surface area contributed by atoms with Crippen molar-refractivity contribution in [2.45, 2.75) is 32.7 Å². The molecule has 0 fully saturated rings. The van der Waals surface area contributed by atoms with Crippen LogP contribution in [0, 0.1) is 0 Å². The van der Waals surface area contributed by atoms with Crippen LogP contribution in [0.25, 0.3) is 0 Å². The van der Waals surface area contributed by atoms with Crippen LogP contribution < -0.4 is 10.1 Å². The molecule has 0 spiro atoms. The van der Waals surface area contributed by atoms with Gasteiger partial charge in [-0.2, -0.15) is 0 Å². The number of aryl methyl sites for hydroxylation is 1. The highest BCUT2D eigenvalue weighted by Gasteiger charge is 2.25. The highest BCUT2D eigenvalue weighted by Crippen LogP contribution is 2.29. The van der Waals surface area contributed by atoms with Gasteiger partial charge in [0, 0.05) is 23.4 Å². The maximum atomic E-state index is 12.7. The zero-order valence-corrected chi connectivity index (χ0v) is 18.3. The van der Waals surface area contributed by atoms with E-state index in [9.17, 15) is 9.59 Å². The van der Waals surface area contributed by atoms with Crippen LogP contribution in [0.3, 0.4) is 0 Å². The minimum atomic E-state index is -0.249. The van der Waals surface area contributed by atoms with E-state index in [2.05, 4.69) is 17.2 Å². The van der Waals surface area contributed by atoms with E-state index in [0.29, 0.717) is 36.0 Å². The van der Waals surface area contributed by atoms with Crippen molar-refractivity contribution in [2.75, 3.05) is 18.5 Å². The van der Waals surface area contributed by atoms with Crippen molar-refractivity contribution >= 4 is 28.3 Å². The van der Waals surface area contributed by atoms with Gasteiger partial charge in [-0.3, -0.25) is 14.9 Å². The molecule has 6 nitrogen and oxygen atoms in total. The van der Waals surface area contributed by atoms with Crippen LogP contribution in [0.4, 0.5) is 5.13 Å². The number of thiazole rings is 1. The van der Waals surface area contributed by atoms with E-state index in [4.69, 9.17) is 4.74 Å². The lowest BCUT2D eigenvalue weighted by Crippen LogP contribution is -2.35. The van der Waals surface area contributed by atoms with Gasteiger partial charge < -0.3 is 9.64 Å². The van der Waals surface area contributed by atoms with Crippen LogP contribution in [0.15, 0.2) is 54.6 Å². The fraction of sp³-hybridized carbons (Fsp3) is 0.292. The molecule has 3 aromatic rings. The number of carbonyl (C=O) groups excluding carboxylic acids is 2. The summed E-state index contributed by atoms with van der Waals surface area (Å²) in [5, 5.41) is 3.36. The number of nitrogens with zero attached hydrogens (tertiary/aromatic N) is 2. The van der Waals surface area contributed by atoms with Gasteiger partial charge in [-0.15, -0.1) is 0 Å². The first-order valence-corrected chi connectivity index (χ1v) is 11.3. The number of amides is 2. The SMILES string of the molecule is CCCc1ccc(OCC(=O)Nc2nc3c(s2)CN(C(=O)c2ccccc2)CC3)cc1. The Morgan fingerprint density at radius 1 is 1.13 bits per heavy atom. The van der Waals surface area contributed by atoms with Crippen molar-refractivity contribution in [2.24, 2.45) is 0 Å². The Balaban J connectivity index is 1.31. The Labute approximate surface area is 185 Å². The molecule has 2 amide bonds. The molecule has 2 aromatic carbocycles. The normalized spacial score (nSPS) is 12.9. The summed E-state index contributed by atoms with van der Waals surface area (Å²) in [7, 11) is 0. The molecule has 0 unspecified atom stereocenters. The van der Waals surface area contributed by atoms with Crippen molar-refractivity contribution < 1.29 is 14.3 Å². The summed E-state index contributed by atoms with van der Waals surface area (Å²) in [6.07, 6.45) is 2.81. The highest BCUT2D eigenvalue weighted by atomic mass is 32.1. The zero-order chi connectivity index (χ0) is 21.6. The van der Waals surface area contributed by atoms with Crippen molar-refractivity contribution in [3.8, 4) is 5.75 Å². The van der Waals surface area contributed by atoms with Gasteiger partial charge in [-0.25, -0.2) is 4.98 Å². The molecule has 0 bridgehead atoms. The molecule has 0 saturated heterocycles. The molecule has 1 aliphatic rings. The number of anilines is 1. The van der Waals surface area contributed by atoms with Gasteiger partial charge in [0.2, 0.25) is 0 Å². The topological polar surface area (TPSA) is 71.5 Å². The van der Waals surface area contributed by atoms with E-state index < -0.39 is 0 Å². The summed E-state index contributed by atoms with van der Waals surface area (Å²) in [6, 6.07) is 17.1. The molecule has 0 atom stereocenters. The number of hydrogen-bond acceptors (Lipinski definition) is 5. The first kappa shape index (κ1) is 21.1. The molecule has 4 rings (SSSR count). The largest absolute Gasteiger partial charge is 0.484 e. The van der Waals surface area contributed by atoms with Crippen molar-refractivity contribution in [1.82, 2.24) is 9.88 Å². The Bertz CT molecular complexity index is 1050. The minimum absolute atomic E-state index is 0.0172. The molecule has 1 aromatic heterocycles. The molecule has 160 valence electrons. The minimum Gasteiger partial charge on any atom is -0.484 e. The molecular formula is C24H25N3O3S. The van der Waals surface area contributed by atoms with Crippen LogP contribution in [-0.4, -0.2) is 34.8 Å². The second-order valence-electron chi connectivity index (χ2n) is 7.46. The number of rotatable bonds is 7. The van der Waals surface area contributed by atoms with Gasteiger partial charge in [0.05, 0.1) is 12.2 Å². The zero-order valence-electron chi connectivity index (χ0n) is 17.5. The lowest BCUT2D eigenvalue weighted by atomic mass is 10.1. The van der Waals surface area contributed by atoms with Gasteiger partial charge in [0.15, 0.2) is 11.7 Å². The number of fused-ring (bicyclic) bond motifs is 1. The van der Waals surface area contributed by atoms with Crippen LogP contribution in [0.5, 0.6) is 5.75 Å². The summed E-state index contributed by atoms with van der Waals surface area (Å²) < 4.78 is 5.58. The monoisotopic (exact) mass is 435 g/mol. The number of hydrogen-bond donors (Lipinski definition) is 1. The third-order valence-electron chi connectivity index (χ3n) is 5.12. The number of aromatic nitrogens is 1. The molecule has 2 heterocycles. The Morgan fingerprint density at radius 3 is 2.65 bits per heavy atom. The smallest absolute Gasteiger partial charge is 0.264 e. The summed E-state index contributed by atoms with van der Waals surface area (Å²) >= 11 is 1.42. The molecule has 0 saturated carbocycles. The van der Waals surface area contributed by atoms with E-state index in [1.807, 2.05) is 59.5 Å². The molecule has 0 radical (unpaired) electrons. The van der Waals surface area contributed by atoms with E-state index in [1.165, 1.54) is 16.9 Å². The molecule has 31 heavy (non-hydrogen) atoms. The predicted octanol–water partition coefficient (Wildman–Crippen LogP) is 4.31. The first-order chi connectivity index (χ1) is 15.1. The maximum Gasteiger partial charge on any atom is 0.264 e. The van der Waals surface area contributed by atoms with Crippen LogP contribution >= 0.6 is 11.3 Å². The second-order valence-corrected chi connectivity index (χ2v) is 8.55. The van der Waals surface area contributed by atoms with Crippen LogP contribution in [0.2, 0.25) is 0 Å². The molecule has 1 N–H and O–H groups in total. The fourth-order valence-corrected chi connectivity index (χ4v) is 4.57. The summed E-state index contributed by atoms with van der Waals surface area (Å²) in [6.45, 7) is 3.20. The second kappa shape index (κ2) is 9.75. The number of ether oxygens (including phenoxy) is 1. The average Bonchev–Trinajstić information content (AvgIpc) is 3.20.